The molecule has 1 amide bonds. The van der Waals surface area contributed by atoms with Gasteiger partial charge in [0.1, 0.15) is 23.4 Å². The number of allylic oxidation sites excluding steroid dienone is 1. The Morgan fingerprint density at radius 1 is 1.25 bits per heavy atom. The van der Waals surface area contributed by atoms with Crippen molar-refractivity contribution in [1.29, 1.82) is 0 Å². The molecular weight excluding hydrogens is 418 g/mol. The molecule has 4 aliphatic rings. The van der Waals surface area contributed by atoms with E-state index in [0.29, 0.717) is 26.1 Å². The number of ketones is 1. The molecular formula is C23H33NO8. The minimum Gasteiger partial charge on any atom is -0.476 e. The summed E-state index contributed by atoms with van der Waals surface area (Å²) in [6.07, 6.45) is 3.23. The third-order valence-electron chi connectivity index (χ3n) is 7.42. The number of Topliss-reactive ketones (excluding diaryl/α,β-unsaturated/α-hetero) is 1. The monoisotopic (exact) mass is 451 g/mol. The zero-order chi connectivity index (χ0) is 23.3. The molecule has 0 aromatic rings. The van der Waals surface area contributed by atoms with Gasteiger partial charge in [-0.25, -0.2) is 9.59 Å². The zero-order valence-electron chi connectivity index (χ0n) is 19.2. The molecule has 1 saturated carbocycles. The molecule has 0 aromatic heterocycles. The number of carboxylic acid groups (broad SMARTS) is 1. The van der Waals surface area contributed by atoms with E-state index in [2.05, 4.69) is 26.8 Å². The van der Waals surface area contributed by atoms with Gasteiger partial charge in [-0.15, -0.1) is 0 Å². The maximum atomic E-state index is 12.7. The predicted molar refractivity (Wildman–Crippen MR) is 112 cm³/mol. The molecule has 1 spiro atoms. The first-order chi connectivity index (χ1) is 15.1. The van der Waals surface area contributed by atoms with Gasteiger partial charge in [-0.2, -0.15) is 0 Å². The van der Waals surface area contributed by atoms with Crippen molar-refractivity contribution >= 4 is 17.8 Å². The lowest BCUT2D eigenvalue weighted by Gasteiger charge is -2.44. The Morgan fingerprint density at radius 3 is 2.50 bits per heavy atom. The number of hydrogen-bond acceptors (Lipinski definition) is 7. The summed E-state index contributed by atoms with van der Waals surface area (Å²) >= 11 is 0. The molecule has 9 heteroatoms. The van der Waals surface area contributed by atoms with Crippen molar-refractivity contribution in [3.63, 3.8) is 0 Å². The summed E-state index contributed by atoms with van der Waals surface area (Å²) in [7, 11) is 1.63. The lowest BCUT2D eigenvalue weighted by molar-refractivity contribution is -0.150. The minimum atomic E-state index is -1.43. The maximum Gasteiger partial charge on any atom is 0.410 e. The van der Waals surface area contributed by atoms with E-state index in [4.69, 9.17) is 24.1 Å². The summed E-state index contributed by atoms with van der Waals surface area (Å²) in [4.78, 5) is 36.3. The van der Waals surface area contributed by atoms with Crippen LogP contribution in [0.15, 0.2) is 11.6 Å². The number of likely N-dealkylation sites (tertiary alicyclic amines) is 1. The fraction of sp³-hybridized carbons (Fsp3) is 0.783. The number of hydrogen-bond donors (Lipinski definition) is 1. The maximum absolute atomic E-state index is 12.7. The smallest absolute Gasteiger partial charge is 0.410 e. The summed E-state index contributed by atoms with van der Waals surface area (Å²) in [6.45, 7) is 7.54. The quantitative estimate of drug-likeness (QED) is 0.339. The van der Waals surface area contributed by atoms with Crippen LogP contribution in [0.5, 0.6) is 0 Å². The highest BCUT2D eigenvalue weighted by Gasteiger charge is 2.72. The highest BCUT2D eigenvalue weighted by atomic mass is 16.6. The molecule has 4 rings (SSSR count). The number of carbonyl (C=O) groups is 3. The van der Waals surface area contributed by atoms with Gasteiger partial charge in [-0.1, -0.05) is 11.6 Å². The number of rotatable bonds is 8. The molecule has 4 fully saturated rings. The molecule has 178 valence electrons. The van der Waals surface area contributed by atoms with Crippen LogP contribution in [0.3, 0.4) is 0 Å². The van der Waals surface area contributed by atoms with Crippen molar-refractivity contribution in [2.24, 2.45) is 11.8 Å². The highest BCUT2D eigenvalue weighted by molar-refractivity contribution is 6.32. The summed E-state index contributed by atoms with van der Waals surface area (Å²) in [5.41, 5.74) is 0.571. The molecule has 1 aliphatic carbocycles. The first-order valence-electron chi connectivity index (χ1n) is 11.3. The number of amides is 1. The van der Waals surface area contributed by atoms with Crippen LogP contribution in [-0.4, -0.2) is 84.2 Å². The van der Waals surface area contributed by atoms with Gasteiger partial charge in [0.15, 0.2) is 0 Å². The molecule has 1 unspecified atom stereocenters. The van der Waals surface area contributed by atoms with E-state index in [0.717, 1.165) is 12.8 Å². The van der Waals surface area contributed by atoms with E-state index in [9.17, 15) is 14.4 Å². The van der Waals surface area contributed by atoms with E-state index in [1.165, 1.54) is 10.5 Å². The molecule has 0 radical (unpaired) electrons. The fourth-order valence-corrected chi connectivity index (χ4v) is 5.47. The predicted octanol–water partition coefficient (Wildman–Crippen LogP) is 2.17. The molecule has 1 N–H and O–H groups in total. The Balaban J connectivity index is 1.37. The third kappa shape index (κ3) is 4.30. The van der Waals surface area contributed by atoms with Crippen molar-refractivity contribution in [2.45, 2.75) is 76.0 Å². The van der Waals surface area contributed by atoms with E-state index >= 15 is 0 Å². The molecule has 0 bridgehead atoms. The number of carbonyl (C=O) groups excluding carboxylic acids is 2. The normalized spacial score (nSPS) is 38.1. The lowest BCUT2D eigenvalue weighted by Crippen LogP contribution is -2.57. The Kier molecular flexibility index (Phi) is 6.11. The topological polar surface area (TPSA) is 118 Å². The summed E-state index contributed by atoms with van der Waals surface area (Å²) in [5.74, 6) is -2.44. The van der Waals surface area contributed by atoms with Crippen LogP contribution in [0.25, 0.3) is 0 Å². The van der Waals surface area contributed by atoms with Gasteiger partial charge in [-0.3, -0.25) is 4.79 Å². The van der Waals surface area contributed by atoms with Gasteiger partial charge in [0.25, 0.3) is 0 Å². The van der Waals surface area contributed by atoms with E-state index in [1.54, 1.807) is 7.11 Å². The minimum absolute atomic E-state index is 0.0422. The van der Waals surface area contributed by atoms with Crippen molar-refractivity contribution in [3.05, 3.63) is 11.6 Å². The van der Waals surface area contributed by atoms with Crippen LogP contribution in [0.4, 0.5) is 4.79 Å². The molecule has 3 aliphatic heterocycles. The second-order valence-corrected chi connectivity index (χ2v) is 10.0. The van der Waals surface area contributed by atoms with Crippen LogP contribution >= 0.6 is 0 Å². The number of methoxy groups -OCH3 is 1. The van der Waals surface area contributed by atoms with Crippen molar-refractivity contribution in [2.75, 3.05) is 26.8 Å². The van der Waals surface area contributed by atoms with E-state index < -0.39 is 29.6 Å². The molecule has 6 atom stereocenters. The van der Waals surface area contributed by atoms with Gasteiger partial charge in [-0.05, 0) is 40.0 Å². The zero-order valence-corrected chi connectivity index (χ0v) is 19.2. The van der Waals surface area contributed by atoms with Gasteiger partial charge in [0.05, 0.1) is 18.6 Å². The number of epoxide rings is 2. The second kappa shape index (κ2) is 8.43. The Labute approximate surface area is 188 Å². The number of carboxylic acids is 1. The number of ether oxygens (including phenoxy) is 4. The van der Waals surface area contributed by atoms with Gasteiger partial charge >= 0.3 is 12.1 Å². The van der Waals surface area contributed by atoms with Gasteiger partial charge in [0.2, 0.25) is 5.78 Å². The first-order valence-corrected chi connectivity index (χ1v) is 11.3. The van der Waals surface area contributed by atoms with Crippen LogP contribution in [0, 0.1) is 11.8 Å². The molecule has 9 nitrogen and oxygen atoms in total. The van der Waals surface area contributed by atoms with Crippen LogP contribution < -0.4 is 0 Å². The largest absolute Gasteiger partial charge is 0.476 e. The Bertz CT molecular complexity index is 811. The van der Waals surface area contributed by atoms with Crippen LogP contribution in [0.2, 0.25) is 0 Å². The van der Waals surface area contributed by atoms with Crippen molar-refractivity contribution < 1.29 is 38.4 Å². The number of nitrogens with zero attached hydrogens (tertiary/aromatic N) is 1. The van der Waals surface area contributed by atoms with Crippen molar-refractivity contribution in [1.82, 2.24) is 4.90 Å². The van der Waals surface area contributed by atoms with Gasteiger partial charge < -0.3 is 29.0 Å². The Hall–Kier alpha value is -1.97. The third-order valence-corrected chi connectivity index (χ3v) is 7.42. The second-order valence-electron chi connectivity index (χ2n) is 10.0. The summed E-state index contributed by atoms with van der Waals surface area (Å²) in [6, 6.07) is 0. The lowest BCUT2D eigenvalue weighted by atomic mass is 9.68. The summed E-state index contributed by atoms with van der Waals surface area (Å²) in [5, 5.41) is 8.73. The van der Waals surface area contributed by atoms with E-state index in [1.807, 2.05) is 0 Å². The average molecular weight is 452 g/mol. The molecule has 3 heterocycles. The number of aliphatic carboxylic acids is 1. The molecule has 3 saturated heterocycles. The van der Waals surface area contributed by atoms with Crippen molar-refractivity contribution in [3.8, 4) is 0 Å². The molecule has 32 heavy (non-hydrogen) atoms. The standard InChI is InChI=1S/C23H33NO8/c1-13(2)5-6-17-22(3,32-17)19-18(29-4)16(7-8-23(19)12-30-23)31-21(28)24-10-14(11-24)9-15(25)20(26)27/h5,14,16-19H,6-12H2,1-4H3,(H,26,27)/t16-,17?,18-,19-,22+,23+/m1/s1. The fourth-order valence-electron chi connectivity index (χ4n) is 5.47. The first kappa shape index (κ1) is 23.2. The Morgan fingerprint density at radius 2 is 1.94 bits per heavy atom. The van der Waals surface area contributed by atoms with E-state index in [-0.39, 0.29) is 36.1 Å². The van der Waals surface area contributed by atoms with Crippen LogP contribution in [0.1, 0.15) is 46.5 Å². The van der Waals surface area contributed by atoms with Gasteiger partial charge in [0, 0.05) is 32.5 Å². The van der Waals surface area contributed by atoms with Crippen LogP contribution in [-0.2, 0) is 28.5 Å². The molecule has 0 aromatic carbocycles. The SMILES string of the molecule is CO[C@@H]1[C@H](OC(=O)N2CC(CC(=O)C(=O)O)C2)CC[C@]2(CO2)[C@H]1[C@@]1(C)OC1CC=C(C)C. The average Bonchev–Trinajstić information content (AvgIpc) is 3.61. The highest BCUT2D eigenvalue weighted by Crippen LogP contribution is 2.59. The summed E-state index contributed by atoms with van der Waals surface area (Å²) < 4.78 is 23.8.